The molecule has 11 heteroatoms. The van der Waals surface area contributed by atoms with Gasteiger partial charge in [0.05, 0.1) is 40.1 Å². The number of carbonyl (C=O) groups is 1. The van der Waals surface area contributed by atoms with Crippen LogP contribution in [0.1, 0.15) is 5.56 Å². The second-order valence-electron chi connectivity index (χ2n) is 8.87. The molecule has 0 unspecified atom stereocenters. The number of morpholine rings is 1. The molecule has 192 valence electrons. The van der Waals surface area contributed by atoms with Crippen LogP contribution in [0.4, 0.5) is 16.5 Å². The van der Waals surface area contributed by atoms with Crippen molar-refractivity contribution in [3.63, 3.8) is 0 Å². The Bertz CT molecular complexity index is 1640. The van der Waals surface area contributed by atoms with Gasteiger partial charge >= 0.3 is 0 Å². The predicted octanol–water partition coefficient (Wildman–Crippen LogP) is 4.36. The molecule has 1 aliphatic rings. The second-order valence-corrected chi connectivity index (χ2v) is 9.90. The zero-order chi connectivity index (χ0) is 26.1. The summed E-state index contributed by atoms with van der Waals surface area (Å²) in [5.74, 6) is 1.01. The van der Waals surface area contributed by atoms with Gasteiger partial charge in [-0.2, -0.15) is 5.10 Å². The summed E-state index contributed by atoms with van der Waals surface area (Å²) < 4.78 is 6.64. The van der Waals surface area contributed by atoms with E-state index < -0.39 is 5.91 Å². The number of fused-ring (bicyclic) bond motifs is 2. The number of benzene rings is 2. The van der Waals surface area contributed by atoms with E-state index in [1.165, 1.54) is 6.08 Å². The van der Waals surface area contributed by atoms with Gasteiger partial charge in [-0.15, -0.1) is 11.3 Å². The summed E-state index contributed by atoms with van der Waals surface area (Å²) in [6.45, 7) is 2.87. The number of carbonyl (C=O) groups excluding carboxylic acids is 1. The molecule has 3 N–H and O–H groups in total. The van der Waals surface area contributed by atoms with Gasteiger partial charge in [-0.1, -0.05) is 24.3 Å². The maximum Gasteiger partial charge on any atom is 0.267 e. The normalized spacial score (nSPS) is 14.0. The Labute approximate surface area is 222 Å². The van der Waals surface area contributed by atoms with Crippen LogP contribution in [0.2, 0.25) is 0 Å². The zero-order valence-electron chi connectivity index (χ0n) is 20.6. The Kier molecular flexibility index (Phi) is 6.46. The first-order valence-corrected chi connectivity index (χ1v) is 12.9. The lowest BCUT2D eigenvalue weighted by molar-refractivity contribution is -0.124. The fourth-order valence-corrected chi connectivity index (χ4v) is 5.58. The lowest BCUT2D eigenvalue weighted by Gasteiger charge is -2.28. The largest absolute Gasteiger partial charge is 0.378 e. The van der Waals surface area contributed by atoms with Crippen LogP contribution in [0.3, 0.4) is 0 Å². The highest BCUT2D eigenvalue weighted by Gasteiger charge is 2.22. The molecule has 0 bridgehead atoms. The molecule has 38 heavy (non-hydrogen) atoms. The minimum Gasteiger partial charge on any atom is -0.378 e. The lowest BCUT2D eigenvalue weighted by Crippen LogP contribution is -2.36. The summed E-state index contributed by atoms with van der Waals surface area (Å²) in [7, 11) is 2.02. The molecule has 0 radical (unpaired) electrons. The van der Waals surface area contributed by atoms with Crippen LogP contribution in [0.25, 0.3) is 38.6 Å². The fourth-order valence-electron chi connectivity index (χ4n) is 4.49. The van der Waals surface area contributed by atoms with E-state index in [1.807, 2.05) is 55.7 Å². The van der Waals surface area contributed by atoms with Gasteiger partial charge < -0.3 is 14.5 Å². The molecule has 1 fully saturated rings. The molecule has 3 aromatic heterocycles. The van der Waals surface area contributed by atoms with Crippen LogP contribution < -0.4 is 15.3 Å². The van der Waals surface area contributed by atoms with Crippen LogP contribution >= 0.6 is 11.3 Å². The van der Waals surface area contributed by atoms with Gasteiger partial charge in [0.25, 0.3) is 5.91 Å². The first-order chi connectivity index (χ1) is 18.6. The Morgan fingerprint density at radius 3 is 2.79 bits per heavy atom. The van der Waals surface area contributed by atoms with Crippen molar-refractivity contribution in [3.05, 3.63) is 66.4 Å². The molecule has 1 aliphatic heterocycles. The molecule has 10 nitrogen and oxygen atoms in total. The number of aromatic nitrogens is 4. The fraction of sp³-hybridized carbons (Fsp3) is 0.185. The van der Waals surface area contributed by atoms with Crippen LogP contribution in [0, 0.1) is 0 Å². The van der Waals surface area contributed by atoms with E-state index in [0.29, 0.717) is 19.0 Å². The smallest absolute Gasteiger partial charge is 0.267 e. The maximum atomic E-state index is 11.3. The van der Waals surface area contributed by atoms with Gasteiger partial charge in [-0.25, -0.2) is 15.4 Å². The standard InChI is InChI=1S/C27H25N7O3S/c1-33(18-8-5-17(6-9-18)7-10-23(35)32-36)24-15-22-25(38-24)27(34-11-13-37-14-12-34)30-26(29-22)19-3-2-4-21-20(19)16-28-31-21/h2-10,15-16,36H,11-14H2,1H3,(H,28,31)(H,32,35). The van der Waals surface area contributed by atoms with E-state index in [1.54, 1.807) is 22.9 Å². The minimum absolute atomic E-state index is 0.572. The van der Waals surface area contributed by atoms with Crippen molar-refractivity contribution in [2.24, 2.45) is 0 Å². The molecular weight excluding hydrogens is 502 g/mol. The number of H-pyrrole nitrogens is 1. The van der Waals surface area contributed by atoms with Gasteiger partial charge in [0.15, 0.2) is 11.6 Å². The molecule has 1 saturated heterocycles. The van der Waals surface area contributed by atoms with Gasteiger partial charge in [-0.3, -0.25) is 15.1 Å². The van der Waals surface area contributed by atoms with E-state index in [9.17, 15) is 4.79 Å². The number of anilines is 3. The number of hydrogen-bond acceptors (Lipinski definition) is 9. The van der Waals surface area contributed by atoms with Gasteiger partial charge in [-0.05, 0) is 35.9 Å². The number of nitrogens with one attached hydrogen (secondary N) is 2. The van der Waals surface area contributed by atoms with Crippen LogP contribution in [-0.4, -0.2) is 64.6 Å². The van der Waals surface area contributed by atoms with E-state index >= 15 is 0 Å². The quantitative estimate of drug-likeness (QED) is 0.169. The SMILES string of the molecule is CN(c1ccc(C=CC(=O)NO)cc1)c1cc2nc(-c3cccc4[nH]ncc34)nc(N3CCOCC3)c2s1. The van der Waals surface area contributed by atoms with Gasteiger partial charge in [0.1, 0.15) is 0 Å². The summed E-state index contributed by atoms with van der Waals surface area (Å²) in [4.78, 5) is 25.7. The van der Waals surface area contributed by atoms with E-state index in [2.05, 4.69) is 26.1 Å². The number of rotatable bonds is 6. The first-order valence-electron chi connectivity index (χ1n) is 12.1. The molecule has 2 aromatic carbocycles. The van der Waals surface area contributed by atoms with Crippen LogP contribution in [-0.2, 0) is 9.53 Å². The van der Waals surface area contributed by atoms with Crippen molar-refractivity contribution in [1.29, 1.82) is 0 Å². The van der Waals surface area contributed by atoms with Crippen molar-refractivity contribution >= 4 is 60.9 Å². The van der Waals surface area contributed by atoms with E-state index in [0.717, 1.165) is 61.8 Å². The third-order valence-electron chi connectivity index (χ3n) is 6.53. The molecule has 4 heterocycles. The molecule has 0 saturated carbocycles. The van der Waals surface area contributed by atoms with Crippen molar-refractivity contribution in [3.8, 4) is 11.4 Å². The van der Waals surface area contributed by atoms with E-state index in [-0.39, 0.29) is 0 Å². The highest BCUT2D eigenvalue weighted by atomic mass is 32.1. The van der Waals surface area contributed by atoms with Crippen molar-refractivity contribution in [2.75, 3.05) is 43.2 Å². The van der Waals surface area contributed by atoms with Crippen molar-refractivity contribution in [1.82, 2.24) is 25.6 Å². The summed E-state index contributed by atoms with van der Waals surface area (Å²) in [5.41, 5.74) is 6.20. The number of amides is 1. The topological polar surface area (TPSA) is 120 Å². The summed E-state index contributed by atoms with van der Waals surface area (Å²) in [5, 5.41) is 17.9. The first kappa shape index (κ1) is 24.0. The monoisotopic (exact) mass is 527 g/mol. The predicted molar refractivity (Wildman–Crippen MR) is 149 cm³/mol. The molecule has 0 atom stereocenters. The summed E-state index contributed by atoms with van der Waals surface area (Å²) in [6.07, 6.45) is 4.73. The van der Waals surface area contributed by atoms with Crippen LogP contribution in [0.5, 0.6) is 0 Å². The Balaban J connectivity index is 1.40. The number of ether oxygens (including phenoxy) is 1. The summed E-state index contributed by atoms with van der Waals surface area (Å²) in [6, 6.07) is 15.9. The Morgan fingerprint density at radius 1 is 1.18 bits per heavy atom. The molecule has 0 aliphatic carbocycles. The number of nitrogens with zero attached hydrogens (tertiary/aromatic N) is 5. The van der Waals surface area contributed by atoms with Gasteiger partial charge in [0.2, 0.25) is 0 Å². The average molecular weight is 528 g/mol. The minimum atomic E-state index is -0.572. The van der Waals surface area contributed by atoms with Crippen molar-refractivity contribution in [2.45, 2.75) is 0 Å². The third kappa shape index (κ3) is 4.58. The molecular formula is C27H25N7O3S. The lowest BCUT2D eigenvalue weighted by atomic mass is 10.1. The highest BCUT2D eigenvalue weighted by Crippen LogP contribution is 2.40. The second kappa shape index (κ2) is 10.2. The highest BCUT2D eigenvalue weighted by molar-refractivity contribution is 7.23. The molecule has 0 spiro atoms. The zero-order valence-corrected chi connectivity index (χ0v) is 21.4. The van der Waals surface area contributed by atoms with Crippen LogP contribution in [0.15, 0.2) is 60.8 Å². The number of hydroxylamine groups is 1. The molecule has 1 amide bonds. The Morgan fingerprint density at radius 2 is 2.00 bits per heavy atom. The molecule has 6 rings (SSSR count). The number of aromatic amines is 1. The number of thiophene rings is 1. The van der Waals surface area contributed by atoms with Crippen molar-refractivity contribution < 1.29 is 14.7 Å². The molecule has 5 aromatic rings. The third-order valence-corrected chi connectivity index (χ3v) is 7.72. The van der Waals surface area contributed by atoms with E-state index in [4.69, 9.17) is 19.9 Å². The maximum absolute atomic E-state index is 11.3. The Hall–Kier alpha value is -4.32. The number of hydrogen-bond donors (Lipinski definition) is 3. The average Bonchev–Trinajstić information content (AvgIpc) is 3.63. The van der Waals surface area contributed by atoms with Gasteiger partial charge in [0, 0.05) is 42.9 Å². The summed E-state index contributed by atoms with van der Waals surface area (Å²) >= 11 is 1.66.